The highest BCUT2D eigenvalue weighted by atomic mass is 16.3. The molecule has 2 N–H and O–H groups in total. The molecule has 23 heavy (non-hydrogen) atoms. The first-order valence-corrected chi connectivity index (χ1v) is 8.25. The lowest BCUT2D eigenvalue weighted by molar-refractivity contribution is 0.0464. The molecule has 1 saturated heterocycles. The van der Waals surface area contributed by atoms with E-state index in [2.05, 4.69) is 67.7 Å². The van der Waals surface area contributed by atoms with Gasteiger partial charge in [0.05, 0.1) is 11.6 Å². The van der Waals surface area contributed by atoms with E-state index < -0.39 is 5.60 Å². The van der Waals surface area contributed by atoms with Crippen LogP contribution in [0.2, 0.25) is 0 Å². The standard InChI is InChI=1S/C21H25NO/c1-15(2)19-20(17-12-8-5-9-13-17)22-18(14-21(19,3)23)16-10-6-4-7-11-16/h4-13,18,20,22-23H,14H2,1-3H3. The molecule has 0 aliphatic carbocycles. The highest BCUT2D eigenvalue weighted by Crippen LogP contribution is 2.43. The van der Waals surface area contributed by atoms with Crippen LogP contribution in [-0.2, 0) is 0 Å². The average molecular weight is 307 g/mol. The Bertz CT molecular complexity index is 684. The summed E-state index contributed by atoms with van der Waals surface area (Å²) in [6.07, 6.45) is 0.681. The van der Waals surface area contributed by atoms with Crippen molar-refractivity contribution >= 4 is 0 Å². The summed E-state index contributed by atoms with van der Waals surface area (Å²) >= 11 is 0. The molecule has 1 heterocycles. The molecular weight excluding hydrogens is 282 g/mol. The molecule has 2 nitrogen and oxygen atoms in total. The van der Waals surface area contributed by atoms with Crippen LogP contribution in [0.5, 0.6) is 0 Å². The minimum Gasteiger partial charge on any atom is -0.386 e. The zero-order valence-electron chi connectivity index (χ0n) is 14.1. The molecule has 120 valence electrons. The van der Waals surface area contributed by atoms with E-state index in [-0.39, 0.29) is 12.1 Å². The molecule has 2 aromatic carbocycles. The number of allylic oxidation sites excluding steroid dienone is 1. The van der Waals surface area contributed by atoms with Gasteiger partial charge in [0.25, 0.3) is 0 Å². The molecule has 0 saturated carbocycles. The largest absolute Gasteiger partial charge is 0.386 e. The van der Waals surface area contributed by atoms with E-state index in [0.29, 0.717) is 6.42 Å². The van der Waals surface area contributed by atoms with E-state index >= 15 is 0 Å². The van der Waals surface area contributed by atoms with Gasteiger partial charge in [-0.05, 0) is 43.9 Å². The summed E-state index contributed by atoms with van der Waals surface area (Å²) in [5.41, 5.74) is 3.88. The number of benzene rings is 2. The van der Waals surface area contributed by atoms with Crippen LogP contribution in [0.4, 0.5) is 0 Å². The van der Waals surface area contributed by atoms with Crippen LogP contribution in [0.15, 0.2) is 71.8 Å². The summed E-state index contributed by atoms with van der Waals surface area (Å²) in [5, 5.41) is 14.9. The second-order valence-electron chi connectivity index (χ2n) is 6.87. The highest BCUT2D eigenvalue weighted by molar-refractivity contribution is 5.39. The highest BCUT2D eigenvalue weighted by Gasteiger charge is 2.41. The van der Waals surface area contributed by atoms with Crippen LogP contribution >= 0.6 is 0 Å². The molecule has 1 aliphatic heterocycles. The fraction of sp³-hybridized carbons (Fsp3) is 0.333. The summed E-state index contributed by atoms with van der Waals surface area (Å²) < 4.78 is 0. The monoisotopic (exact) mass is 307 g/mol. The minimum absolute atomic E-state index is 0.0372. The molecule has 3 rings (SSSR count). The lowest BCUT2D eigenvalue weighted by Crippen LogP contribution is -2.46. The smallest absolute Gasteiger partial charge is 0.0867 e. The zero-order valence-corrected chi connectivity index (χ0v) is 14.1. The van der Waals surface area contributed by atoms with Gasteiger partial charge >= 0.3 is 0 Å². The maximum atomic E-state index is 11.2. The Hall–Kier alpha value is -1.90. The first-order chi connectivity index (χ1) is 11.0. The molecule has 0 radical (unpaired) electrons. The normalized spacial score (nSPS) is 27.7. The van der Waals surface area contributed by atoms with Gasteiger partial charge in [-0.15, -0.1) is 0 Å². The molecule has 1 aliphatic rings. The van der Waals surface area contributed by atoms with E-state index in [9.17, 15) is 5.11 Å². The van der Waals surface area contributed by atoms with Crippen molar-refractivity contribution in [1.82, 2.24) is 5.32 Å². The number of rotatable bonds is 2. The van der Waals surface area contributed by atoms with E-state index in [0.717, 1.165) is 5.57 Å². The van der Waals surface area contributed by atoms with Crippen molar-refractivity contribution < 1.29 is 5.11 Å². The summed E-state index contributed by atoms with van der Waals surface area (Å²) in [5.74, 6) is 0. The molecule has 0 spiro atoms. The SMILES string of the molecule is CC(C)=C1C(c2ccccc2)NC(c2ccccc2)CC1(C)O. The lowest BCUT2D eigenvalue weighted by Gasteiger charge is -2.44. The predicted octanol–water partition coefficient (Wildman–Crippen LogP) is 4.55. The molecule has 0 amide bonds. The Labute approximate surface area is 138 Å². The number of hydrogen-bond acceptors (Lipinski definition) is 2. The molecule has 2 aromatic rings. The second kappa shape index (κ2) is 6.31. The van der Waals surface area contributed by atoms with E-state index in [1.54, 1.807) is 0 Å². The van der Waals surface area contributed by atoms with Crippen molar-refractivity contribution in [2.75, 3.05) is 0 Å². The molecular formula is C21H25NO. The molecule has 3 unspecified atom stereocenters. The number of hydrogen-bond donors (Lipinski definition) is 2. The van der Waals surface area contributed by atoms with Crippen LogP contribution in [-0.4, -0.2) is 10.7 Å². The zero-order chi connectivity index (χ0) is 16.4. The Morgan fingerprint density at radius 1 is 0.957 bits per heavy atom. The fourth-order valence-electron chi connectivity index (χ4n) is 3.80. The van der Waals surface area contributed by atoms with E-state index in [1.165, 1.54) is 16.7 Å². The Morgan fingerprint density at radius 3 is 2.00 bits per heavy atom. The third-order valence-electron chi connectivity index (χ3n) is 4.71. The molecule has 0 aromatic heterocycles. The summed E-state index contributed by atoms with van der Waals surface area (Å²) in [7, 11) is 0. The third-order valence-corrected chi connectivity index (χ3v) is 4.71. The Morgan fingerprint density at radius 2 is 1.48 bits per heavy atom. The van der Waals surface area contributed by atoms with E-state index in [4.69, 9.17) is 0 Å². The van der Waals surface area contributed by atoms with Gasteiger partial charge < -0.3 is 5.11 Å². The van der Waals surface area contributed by atoms with Crippen molar-refractivity contribution in [3.63, 3.8) is 0 Å². The van der Waals surface area contributed by atoms with Gasteiger partial charge in [0.1, 0.15) is 0 Å². The fourth-order valence-corrected chi connectivity index (χ4v) is 3.80. The summed E-state index contributed by atoms with van der Waals surface area (Å²) in [6.45, 7) is 6.12. The maximum absolute atomic E-state index is 11.2. The lowest BCUT2D eigenvalue weighted by atomic mass is 9.74. The van der Waals surface area contributed by atoms with Gasteiger partial charge in [0.2, 0.25) is 0 Å². The predicted molar refractivity (Wildman–Crippen MR) is 95.1 cm³/mol. The molecule has 3 atom stereocenters. The van der Waals surface area contributed by atoms with Crippen LogP contribution in [0, 0.1) is 0 Å². The van der Waals surface area contributed by atoms with Gasteiger partial charge in [-0.25, -0.2) is 0 Å². The Balaban J connectivity index is 2.05. The number of aliphatic hydroxyl groups is 1. The number of nitrogens with one attached hydrogen (secondary N) is 1. The van der Waals surface area contributed by atoms with Crippen molar-refractivity contribution in [2.24, 2.45) is 0 Å². The van der Waals surface area contributed by atoms with Crippen LogP contribution in [0.1, 0.15) is 50.4 Å². The number of piperidine rings is 1. The third kappa shape index (κ3) is 3.24. The molecule has 2 heteroatoms. The average Bonchev–Trinajstić information content (AvgIpc) is 2.54. The van der Waals surface area contributed by atoms with E-state index in [1.807, 2.05) is 19.1 Å². The first-order valence-electron chi connectivity index (χ1n) is 8.25. The van der Waals surface area contributed by atoms with Crippen molar-refractivity contribution in [3.8, 4) is 0 Å². The van der Waals surface area contributed by atoms with Crippen molar-refractivity contribution in [3.05, 3.63) is 82.9 Å². The van der Waals surface area contributed by atoms with Crippen molar-refractivity contribution in [1.29, 1.82) is 0 Å². The minimum atomic E-state index is -0.814. The van der Waals surface area contributed by atoms with Crippen LogP contribution < -0.4 is 5.32 Å². The van der Waals surface area contributed by atoms with Crippen LogP contribution in [0.3, 0.4) is 0 Å². The molecule has 1 fully saturated rings. The van der Waals surface area contributed by atoms with Gasteiger partial charge in [-0.3, -0.25) is 5.32 Å². The first kappa shape index (κ1) is 16.0. The quantitative estimate of drug-likeness (QED) is 0.798. The molecule has 0 bridgehead atoms. The van der Waals surface area contributed by atoms with Gasteiger partial charge in [-0.2, -0.15) is 0 Å². The van der Waals surface area contributed by atoms with Crippen molar-refractivity contribution in [2.45, 2.75) is 44.9 Å². The summed E-state index contributed by atoms with van der Waals surface area (Å²) in [4.78, 5) is 0. The van der Waals surface area contributed by atoms with Gasteiger partial charge in [0, 0.05) is 6.04 Å². The van der Waals surface area contributed by atoms with Gasteiger partial charge in [-0.1, -0.05) is 66.2 Å². The topological polar surface area (TPSA) is 32.3 Å². The second-order valence-corrected chi connectivity index (χ2v) is 6.87. The van der Waals surface area contributed by atoms with Crippen LogP contribution in [0.25, 0.3) is 0 Å². The summed E-state index contributed by atoms with van der Waals surface area (Å²) in [6, 6.07) is 21.0. The Kier molecular flexibility index (Phi) is 4.38. The maximum Gasteiger partial charge on any atom is 0.0867 e. The van der Waals surface area contributed by atoms with Gasteiger partial charge in [0.15, 0.2) is 0 Å².